The first kappa shape index (κ1) is 30.2. The van der Waals surface area contributed by atoms with Crippen molar-refractivity contribution in [1.82, 2.24) is 19.8 Å². The van der Waals surface area contributed by atoms with Crippen LogP contribution in [0.5, 0.6) is 6.01 Å². The Labute approximate surface area is 264 Å². The van der Waals surface area contributed by atoms with Gasteiger partial charge in [-0.3, -0.25) is 4.79 Å². The summed E-state index contributed by atoms with van der Waals surface area (Å²) in [5.74, 6) is 1.03. The van der Waals surface area contributed by atoms with Gasteiger partial charge in [-0.2, -0.15) is 15.2 Å². The molecule has 1 aromatic heterocycles. The molecule has 3 aliphatic rings. The van der Waals surface area contributed by atoms with Crippen molar-refractivity contribution in [2.24, 2.45) is 0 Å². The van der Waals surface area contributed by atoms with Crippen LogP contribution in [-0.2, 0) is 17.8 Å². The van der Waals surface area contributed by atoms with Crippen molar-refractivity contribution < 1.29 is 9.53 Å². The fraction of sp³-hybridized carbons (Fsp3) is 0.471. The summed E-state index contributed by atoms with van der Waals surface area (Å²) < 4.78 is 6.32. The predicted octanol–water partition coefficient (Wildman–Crippen LogP) is 4.70. The Morgan fingerprint density at radius 3 is 2.73 bits per heavy atom. The van der Waals surface area contributed by atoms with Crippen LogP contribution >= 0.6 is 11.6 Å². The molecule has 0 N–H and O–H groups in total. The SMILES string of the molecule is Cc1cccc2cccc(N3CCc4c(nc(OCC5CCCN5C)nc4N4CCN(C(=O)/C=C/CCl)C(CC#N)C4)C3)c12. The topological polar surface area (TPSA) is 88.8 Å². The highest BCUT2D eigenvalue weighted by atomic mass is 35.5. The number of ether oxygens (including phenoxy) is 1. The molecular weight excluding hydrogens is 574 g/mol. The number of fused-ring (bicyclic) bond motifs is 2. The third-order valence-electron chi connectivity index (χ3n) is 9.27. The monoisotopic (exact) mass is 613 g/mol. The number of anilines is 2. The molecule has 0 spiro atoms. The lowest BCUT2D eigenvalue weighted by Gasteiger charge is -2.42. The van der Waals surface area contributed by atoms with Gasteiger partial charge in [-0.15, -0.1) is 11.6 Å². The van der Waals surface area contributed by atoms with Gasteiger partial charge in [0.25, 0.3) is 0 Å². The van der Waals surface area contributed by atoms with Crippen molar-refractivity contribution >= 4 is 39.8 Å². The standard InChI is InChI=1S/C34H40ClN7O2/c1-24-7-3-8-25-9-4-11-30(32(24)25)40-18-14-28-29(22-40)37-34(44-23-27-10-6-17-39(27)2)38-33(28)41-19-20-42(26(21-41)13-16-36)31(43)12-5-15-35/h3-5,7-9,11-12,26-27H,6,10,13-15,17-23H2,1-2H3/b12-5+. The van der Waals surface area contributed by atoms with E-state index < -0.39 is 0 Å². The lowest BCUT2D eigenvalue weighted by Crippen LogP contribution is -2.55. The molecule has 4 heterocycles. The molecule has 2 unspecified atom stereocenters. The zero-order chi connectivity index (χ0) is 30.6. The molecule has 2 fully saturated rings. The maximum absolute atomic E-state index is 12.9. The Kier molecular flexibility index (Phi) is 9.20. The average Bonchev–Trinajstić information content (AvgIpc) is 3.46. The number of amides is 1. The number of piperazine rings is 1. The number of likely N-dealkylation sites (N-methyl/N-ethyl adjacent to an activating group) is 1. The highest BCUT2D eigenvalue weighted by molar-refractivity contribution is 6.19. The third kappa shape index (κ3) is 6.19. The van der Waals surface area contributed by atoms with E-state index in [1.54, 1.807) is 11.0 Å². The van der Waals surface area contributed by atoms with Crippen LogP contribution in [0.25, 0.3) is 10.8 Å². The summed E-state index contributed by atoms with van der Waals surface area (Å²) in [4.78, 5) is 31.7. The lowest BCUT2D eigenvalue weighted by atomic mass is 9.99. The Morgan fingerprint density at radius 1 is 1.11 bits per heavy atom. The van der Waals surface area contributed by atoms with Gasteiger partial charge >= 0.3 is 6.01 Å². The summed E-state index contributed by atoms with van der Waals surface area (Å²) in [5.41, 5.74) is 4.57. The second-order valence-electron chi connectivity index (χ2n) is 12.0. The first-order chi connectivity index (χ1) is 21.5. The Balaban J connectivity index is 1.32. The van der Waals surface area contributed by atoms with E-state index >= 15 is 0 Å². The molecule has 1 amide bonds. The summed E-state index contributed by atoms with van der Waals surface area (Å²) in [6, 6.07) is 15.7. The van der Waals surface area contributed by atoms with Gasteiger partial charge in [0.2, 0.25) is 5.91 Å². The van der Waals surface area contributed by atoms with Gasteiger partial charge in [0.1, 0.15) is 12.4 Å². The van der Waals surface area contributed by atoms with Crippen LogP contribution in [-0.4, -0.2) is 90.0 Å². The minimum Gasteiger partial charge on any atom is -0.462 e. The first-order valence-electron chi connectivity index (χ1n) is 15.6. The number of nitriles is 1. The van der Waals surface area contributed by atoms with E-state index in [-0.39, 0.29) is 24.2 Å². The van der Waals surface area contributed by atoms with Gasteiger partial charge < -0.3 is 24.3 Å². The van der Waals surface area contributed by atoms with Crippen LogP contribution in [0.3, 0.4) is 0 Å². The van der Waals surface area contributed by atoms with Crippen molar-refractivity contribution in [2.75, 3.05) is 62.1 Å². The van der Waals surface area contributed by atoms with E-state index in [2.05, 4.69) is 71.1 Å². The number of aryl methyl sites for hydroxylation is 1. The van der Waals surface area contributed by atoms with E-state index in [0.29, 0.717) is 44.8 Å². The fourth-order valence-electron chi connectivity index (χ4n) is 6.91. The number of allylic oxidation sites excluding steroid dienone is 1. The molecule has 0 saturated carbocycles. The molecule has 3 aliphatic heterocycles. The maximum atomic E-state index is 12.9. The van der Waals surface area contributed by atoms with Crippen LogP contribution in [0, 0.1) is 18.3 Å². The van der Waals surface area contributed by atoms with Gasteiger partial charge in [-0.1, -0.05) is 36.4 Å². The number of likely N-dealkylation sites (tertiary alicyclic amines) is 1. The van der Waals surface area contributed by atoms with Crippen molar-refractivity contribution in [3.05, 3.63) is 65.4 Å². The smallest absolute Gasteiger partial charge is 0.318 e. The highest BCUT2D eigenvalue weighted by Crippen LogP contribution is 2.36. The fourth-order valence-corrected chi connectivity index (χ4v) is 7.00. The number of halogens is 1. The molecule has 2 atom stereocenters. The number of nitrogens with zero attached hydrogens (tertiary/aromatic N) is 7. The van der Waals surface area contributed by atoms with Crippen LogP contribution in [0.15, 0.2) is 48.6 Å². The average molecular weight is 614 g/mol. The summed E-state index contributed by atoms with van der Waals surface area (Å²) in [6.45, 7) is 6.93. The van der Waals surface area contributed by atoms with E-state index in [1.165, 1.54) is 34.5 Å². The molecule has 0 radical (unpaired) electrons. The molecule has 2 aromatic carbocycles. The molecule has 10 heteroatoms. The first-order valence-corrected chi connectivity index (χ1v) is 16.1. The third-order valence-corrected chi connectivity index (χ3v) is 9.45. The molecule has 44 heavy (non-hydrogen) atoms. The summed E-state index contributed by atoms with van der Waals surface area (Å²) in [7, 11) is 2.14. The predicted molar refractivity (Wildman–Crippen MR) is 174 cm³/mol. The van der Waals surface area contributed by atoms with E-state index in [0.717, 1.165) is 43.0 Å². The van der Waals surface area contributed by atoms with Crippen molar-refractivity contribution in [3.8, 4) is 12.1 Å². The van der Waals surface area contributed by atoms with E-state index in [4.69, 9.17) is 26.3 Å². The molecule has 0 aliphatic carbocycles. The van der Waals surface area contributed by atoms with Gasteiger partial charge in [0.05, 0.1) is 30.8 Å². The molecule has 0 bridgehead atoms. The van der Waals surface area contributed by atoms with Gasteiger partial charge in [-0.05, 0) is 56.8 Å². The van der Waals surface area contributed by atoms with Crippen molar-refractivity contribution in [1.29, 1.82) is 5.26 Å². The number of hydrogen-bond acceptors (Lipinski definition) is 8. The number of hydrogen-bond donors (Lipinski definition) is 0. The number of carbonyl (C=O) groups excluding carboxylic acids is 1. The van der Waals surface area contributed by atoms with Crippen LogP contribution in [0.1, 0.15) is 36.1 Å². The van der Waals surface area contributed by atoms with Crippen LogP contribution < -0.4 is 14.5 Å². The number of aromatic nitrogens is 2. The zero-order valence-corrected chi connectivity index (χ0v) is 26.3. The molecular formula is C34H40ClN7O2. The summed E-state index contributed by atoms with van der Waals surface area (Å²) in [5, 5.41) is 12.1. The van der Waals surface area contributed by atoms with E-state index in [9.17, 15) is 10.1 Å². The Bertz CT molecular complexity index is 1580. The lowest BCUT2D eigenvalue weighted by molar-refractivity contribution is -0.128. The van der Waals surface area contributed by atoms with Crippen LogP contribution in [0.2, 0.25) is 0 Å². The van der Waals surface area contributed by atoms with Crippen LogP contribution in [0.4, 0.5) is 11.5 Å². The second-order valence-corrected chi connectivity index (χ2v) is 12.3. The molecule has 2 saturated heterocycles. The molecule has 3 aromatic rings. The minimum absolute atomic E-state index is 0.110. The largest absolute Gasteiger partial charge is 0.462 e. The quantitative estimate of drug-likeness (QED) is 0.267. The second kappa shape index (κ2) is 13.4. The number of rotatable bonds is 8. The molecule has 230 valence electrons. The highest BCUT2D eigenvalue weighted by Gasteiger charge is 2.34. The van der Waals surface area contributed by atoms with E-state index in [1.807, 2.05) is 0 Å². The summed E-state index contributed by atoms with van der Waals surface area (Å²) >= 11 is 5.78. The Morgan fingerprint density at radius 2 is 1.95 bits per heavy atom. The van der Waals surface area contributed by atoms with Crippen molar-refractivity contribution in [2.45, 2.75) is 51.2 Å². The number of carbonyl (C=O) groups is 1. The van der Waals surface area contributed by atoms with Gasteiger partial charge in [0, 0.05) is 60.8 Å². The zero-order valence-electron chi connectivity index (χ0n) is 25.6. The van der Waals surface area contributed by atoms with Gasteiger partial charge in [0.15, 0.2) is 0 Å². The van der Waals surface area contributed by atoms with Crippen molar-refractivity contribution in [3.63, 3.8) is 0 Å². The maximum Gasteiger partial charge on any atom is 0.318 e. The minimum atomic E-state index is -0.248. The summed E-state index contributed by atoms with van der Waals surface area (Å²) in [6.07, 6.45) is 6.47. The molecule has 9 nitrogen and oxygen atoms in total. The normalized spacial score (nSPS) is 20.7. The van der Waals surface area contributed by atoms with Gasteiger partial charge in [-0.25, -0.2) is 0 Å². The number of alkyl halides is 1. The molecule has 6 rings (SSSR count). The Hall–Kier alpha value is -3.87. The number of benzene rings is 2.